The van der Waals surface area contributed by atoms with Crippen molar-refractivity contribution in [2.75, 3.05) is 49.6 Å². The number of pyridine rings is 1. The number of carbonyl (C=O) groups is 1. The molecule has 12 heteroatoms. The van der Waals surface area contributed by atoms with E-state index < -0.39 is 17.8 Å². The Labute approximate surface area is 210 Å². The van der Waals surface area contributed by atoms with Crippen LogP contribution in [0.4, 0.5) is 24.7 Å². The first kappa shape index (κ1) is 25.0. The lowest BCUT2D eigenvalue weighted by Crippen LogP contribution is -2.53. The van der Waals surface area contributed by atoms with Gasteiger partial charge in [0.15, 0.2) is 5.82 Å². The van der Waals surface area contributed by atoms with Crippen molar-refractivity contribution >= 4 is 28.3 Å². The van der Waals surface area contributed by atoms with Gasteiger partial charge in [-0.25, -0.2) is 0 Å². The van der Waals surface area contributed by atoms with Gasteiger partial charge >= 0.3 is 6.18 Å². The molecule has 2 N–H and O–H groups in total. The minimum Gasteiger partial charge on any atom is -0.380 e. The molecule has 1 aromatic carbocycles. The average Bonchev–Trinajstić information content (AvgIpc) is 2.84. The molecule has 2 aliphatic heterocycles. The number of alkyl halides is 3. The second kappa shape index (κ2) is 9.66. The van der Waals surface area contributed by atoms with E-state index in [4.69, 9.17) is 4.74 Å². The number of nitrogens with zero attached hydrogens (tertiary/aromatic N) is 4. The van der Waals surface area contributed by atoms with Gasteiger partial charge in [-0.3, -0.25) is 9.59 Å². The zero-order valence-electron chi connectivity index (χ0n) is 20.4. The van der Waals surface area contributed by atoms with Gasteiger partial charge < -0.3 is 24.8 Å². The van der Waals surface area contributed by atoms with E-state index in [-0.39, 0.29) is 17.4 Å². The summed E-state index contributed by atoms with van der Waals surface area (Å²) in [5.41, 5.74) is 0.886. The lowest BCUT2D eigenvalue weighted by atomic mass is 10.0. The van der Waals surface area contributed by atoms with Crippen LogP contribution in [0.5, 0.6) is 0 Å². The second-order valence-electron chi connectivity index (χ2n) is 9.44. The molecule has 9 nitrogen and oxygen atoms in total. The lowest BCUT2D eigenvalue weighted by molar-refractivity contribution is -0.150. The molecule has 0 aliphatic carbocycles. The third-order valence-electron chi connectivity index (χ3n) is 6.93. The number of aromatic amines is 1. The third kappa shape index (κ3) is 4.97. The molecule has 3 aromatic rings. The number of aryl methyl sites for hydroxylation is 1. The number of rotatable bonds is 5. The van der Waals surface area contributed by atoms with E-state index in [2.05, 4.69) is 20.5 Å². The molecule has 196 valence electrons. The highest BCUT2D eigenvalue weighted by Crippen LogP contribution is 2.32. The van der Waals surface area contributed by atoms with Crippen molar-refractivity contribution in [1.29, 1.82) is 0 Å². The van der Waals surface area contributed by atoms with Gasteiger partial charge in [-0.1, -0.05) is 12.1 Å². The fourth-order valence-corrected chi connectivity index (χ4v) is 4.64. The molecule has 0 spiro atoms. The predicted octanol–water partition coefficient (Wildman–Crippen LogP) is 3.11. The molecule has 0 radical (unpaired) electrons. The number of fused-ring (bicyclic) bond motifs is 1. The quantitative estimate of drug-likeness (QED) is 0.537. The van der Waals surface area contributed by atoms with Crippen molar-refractivity contribution in [1.82, 2.24) is 20.1 Å². The van der Waals surface area contributed by atoms with Gasteiger partial charge in [0.2, 0.25) is 5.91 Å². The zero-order valence-corrected chi connectivity index (χ0v) is 20.4. The molecule has 2 aliphatic rings. The maximum atomic E-state index is 13.2. The number of hydrogen-bond acceptors (Lipinski definition) is 7. The monoisotopic (exact) mass is 516 g/mol. The summed E-state index contributed by atoms with van der Waals surface area (Å²) >= 11 is 0. The first-order valence-corrected chi connectivity index (χ1v) is 12.1. The normalized spacial score (nSPS) is 17.5. The van der Waals surface area contributed by atoms with Gasteiger partial charge in [-0.15, -0.1) is 5.10 Å². The summed E-state index contributed by atoms with van der Waals surface area (Å²) in [6.45, 7) is 6.36. The van der Waals surface area contributed by atoms with Crippen molar-refractivity contribution in [2.45, 2.75) is 26.1 Å². The Morgan fingerprint density at radius 1 is 1.16 bits per heavy atom. The molecule has 5 rings (SSSR count). The summed E-state index contributed by atoms with van der Waals surface area (Å²) in [5.74, 6) is 0.353. The van der Waals surface area contributed by atoms with Crippen LogP contribution in [-0.4, -0.2) is 65.4 Å². The summed E-state index contributed by atoms with van der Waals surface area (Å²) in [6.07, 6.45) is -4.44. The summed E-state index contributed by atoms with van der Waals surface area (Å²) < 4.78 is 44.7. The molecular formula is C25H27F3N6O3. The fourth-order valence-electron chi connectivity index (χ4n) is 4.64. The van der Waals surface area contributed by atoms with Gasteiger partial charge in [0.05, 0.1) is 41.9 Å². The predicted molar refractivity (Wildman–Crippen MR) is 131 cm³/mol. The Bertz CT molecular complexity index is 1380. The average molecular weight is 517 g/mol. The summed E-state index contributed by atoms with van der Waals surface area (Å²) in [7, 11) is 0. The van der Waals surface area contributed by atoms with Crippen molar-refractivity contribution in [2.24, 2.45) is 5.92 Å². The second-order valence-corrected chi connectivity index (χ2v) is 9.44. The Hall–Kier alpha value is -3.67. The minimum absolute atomic E-state index is 0.0791. The SMILES string of the molecule is Cc1nnc(N[C@H](C)c2cccc(C(F)(F)F)c2)c2cc(N3CCN(C(=O)C4COC4)CC3)c(=O)[nH]c12. The van der Waals surface area contributed by atoms with Crippen LogP contribution < -0.4 is 15.8 Å². The van der Waals surface area contributed by atoms with Gasteiger partial charge in [0.1, 0.15) is 5.69 Å². The van der Waals surface area contributed by atoms with E-state index in [1.165, 1.54) is 6.07 Å². The number of H-pyrrole nitrogens is 1. The van der Waals surface area contributed by atoms with E-state index in [9.17, 15) is 22.8 Å². The van der Waals surface area contributed by atoms with E-state index in [1.807, 2.05) is 4.90 Å². The van der Waals surface area contributed by atoms with E-state index in [0.29, 0.717) is 73.1 Å². The Kier molecular flexibility index (Phi) is 6.52. The molecule has 37 heavy (non-hydrogen) atoms. The molecule has 4 heterocycles. The van der Waals surface area contributed by atoms with Crippen LogP contribution in [0.3, 0.4) is 0 Å². The Morgan fingerprint density at radius 3 is 2.54 bits per heavy atom. The molecule has 0 saturated carbocycles. The highest BCUT2D eigenvalue weighted by molar-refractivity contribution is 5.92. The molecule has 1 amide bonds. The van der Waals surface area contributed by atoms with Crippen LogP contribution >= 0.6 is 0 Å². The molecule has 2 aromatic heterocycles. The number of nitrogens with one attached hydrogen (secondary N) is 2. The smallest absolute Gasteiger partial charge is 0.380 e. The maximum Gasteiger partial charge on any atom is 0.416 e. The number of piperazine rings is 1. The largest absolute Gasteiger partial charge is 0.416 e. The third-order valence-corrected chi connectivity index (χ3v) is 6.93. The topological polar surface area (TPSA) is 103 Å². The number of anilines is 2. The number of hydrogen-bond donors (Lipinski definition) is 2. The molecule has 1 atom stereocenters. The van der Waals surface area contributed by atoms with Crippen molar-refractivity contribution in [3.8, 4) is 0 Å². The van der Waals surface area contributed by atoms with Gasteiger partial charge in [-0.2, -0.15) is 18.3 Å². The van der Waals surface area contributed by atoms with Gasteiger partial charge in [0, 0.05) is 31.6 Å². The number of benzene rings is 1. The summed E-state index contributed by atoms with van der Waals surface area (Å²) in [5, 5.41) is 12.1. The Morgan fingerprint density at radius 2 is 1.89 bits per heavy atom. The van der Waals surface area contributed by atoms with Gasteiger partial charge in [0.25, 0.3) is 5.56 Å². The van der Waals surface area contributed by atoms with Crippen LogP contribution in [0.15, 0.2) is 35.1 Å². The van der Waals surface area contributed by atoms with Gasteiger partial charge in [-0.05, 0) is 37.6 Å². The van der Waals surface area contributed by atoms with Crippen molar-refractivity contribution < 1.29 is 22.7 Å². The van der Waals surface area contributed by atoms with Crippen LogP contribution in [0.2, 0.25) is 0 Å². The summed E-state index contributed by atoms with van der Waals surface area (Å²) in [6, 6.07) is 6.33. The Balaban J connectivity index is 1.40. The molecule has 2 saturated heterocycles. The van der Waals surface area contributed by atoms with Crippen LogP contribution in [0, 0.1) is 12.8 Å². The van der Waals surface area contributed by atoms with E-state index in [1.54, 1.807) is 30.9 Å². The number of ether oxygens (including phenoxy) is 1. The molecule has 2 fully saturated rings. The van der Waals surface area contributed by atoms with E-state index >= 15 is 0 Å². The first-order chi connectivity index (χ1) is 17.6. The number of amides is 1. The fraction of sp³-hybridized carbons (Fsp3) is 0.440. The highest BCUT2D eigenvalue weighted by Gasteiger charge is 2.33. The number of halogens is 3. The lowest BCUT2D eigenvalue weighted by Gasteiger charge is -2.38. The first-order valence-electron chi connectivity index (χ1n) is 12.1. The number of carbonyl (C=O) groups excluding carboxylic acids is 1. The number of aromatic nitrogens is 3. The zero-order chi connectivity index (χ0) is 26.3. The molecule has 0 unspecified atom stereocenters. The molecule has 0 bridgehead atoms. The molecular weight excluding hydrogens is 489 g/mol. The standard InChI is InChI=1S/C25H27F3N6O3/c1-14(16-4-3-5-18(10-16)25(26,27)28)29-22-19-11-20(23(35)30-21(19)15(2)31-32-22)33-6-8-34(9-7-33)24(36)17-12-37-13-17/h3-5,10-11,14,17H,6-9,12-13H2,1-2H3,(H,29,32)(H,30,35)/t14-/m1/s1. The summed E-state index contributed by atoms with van der Waals surface area (Å²) in [4.78, 5) is 32.1. The van der Waals surface area contributed by atoms with Crippen LogP contribution in [0.25, 0.3) is 10.9 Å². The highest BCUT2D eigenvalue weighted by atomic mass is 19.4. The minimum atomic E-state index is -4.44. The maximum absolute atomic E-state index is 13.2. The van der Waals surface area contributed by atoms with Crippen molar-refractivity contribution in [3.05, 3.63) is 57.5 Å². The van der Waals surface area contributed by atoms with Crippen LogP contribution in [-0.2, 0) is 15.7 Å². The van der Waals surface area contributed by atoms with Crippen LogP contribution in [0.1, 0.15) is 29.8 Å². The van der Waals surface area contributed by atoms with E-state index in [0.717, 1.165) is 12.1 Å². The van der Waals surface area contributed by atoms with Crippen molar-refractivity contribution in [3.63, 3.8) is 0 Å².